The fourth-order valence-electron chi connectivity index (χ4n) is 4.74. The molecule has 2 heterocycles. The first-order valence-electron chi connectivity index (χ1n) is 12.1. The zero-order chi connectivity index (χ0) is 26.1. The minimum atomic E-state index is -1.26. The first kappa shape index (κ1) is 26.9. The first-order chi connectivity index (χ1) is 17.2. The van der Waals surface area contributed by atoms with Crippen molar-refractivity contribution in [3.05, 3.63) is 60.2 Å². The zero-order valence-electron chi connectivity index (χ0n) is 20.5. The van der Waals surface area contributed by atoms with Crippen molar-refractivity contribution in [2.75, 3.05) is 39.3 Å². The molecule has 2 fully saturated rings. The van der Waals surface area contributed by atoms with E-state index in [1.54, 1.807) is 6.92 Å². The van der Waals surface area contributed by atoms with Gasteiger partial charge in [0.1, 0.15) is 0 Å². The summed E-state index contributed by atoms with van der Waals surface area (Å²) in [5, 5.41) is 17.9. The molecule has 4 rings (SSSR count). The molecule has 2 N–H and O–H groups in total. The monoisotopic (exact) mass is 495 g/mol. The molecule has 2 aliphatic rings. The zero-order valence-corrected chi connectivity index (χ0v) is 20.5. The summed E-state index contributed by atoms with van der Waals surface area (Å²) in [6, 6.07) is 14.5. The molecular formula is C27H33N3O6. The molecule has 2 aliphatic heterocycles. The van der Waals surface area contributed by atoms with E-state index in [-0.39, 0.29) is 17.9 Å². The molecular weight excluding hydrogens is 462 g/mol. The van der Waals surface area contributed by atoms with Crippen molar-refractivity contribution in [1.82, 2.24) is 14.7 Å². The lowest BCUT2D eigenvalue weighted by molar-refractivity contribution is -0.142. The van der Waals surface area contributed by atoms with E-state index in [0.29, 0.717) is 38.2 Å². The van der Waals surface area contributed by atoms with Crippen LogP contribution in [-0.4, -0.2) is 94.0 Å². The molecule has 9 nitrogen and oxygen atoms in total. The molecule has 2 saturated heterocycles. The lowest BCUT2D eigenvalue weighted by Gasteiger charge is -2.42. The van der Waals surface area contributed by atoms with Crippen LogP contribution in [0.3, 0.4) is 0 Å². The highest BCUT2D eigenvalue weighted by atomic mass is 16.4. The summed E-state index contributed by atoms with van der Waals surface area (Å²) >= 11 is 0. The van der Waals surface area contributed by atoms with Crippen LogP contribution in [0, 0.1) is 0 Å². The second kappa shape index (κ2) is 12.8. The number of fused-ring (bicyclic) bond motifs is 1. The molecule has 9 heteroatoms. The van der Waals surface area contributed by atoms with Crippen LogP contribution in [0.25, 0.3) is 10.8 Å². The maximum atomic E-state index is 13.3. The van der Waals surface area contributed by atoms with Gasteiger partial charge in [-0.25, -0.2) is 9.59 Å². The molecule has 192 valence electrons. The molecule has 2 aromatic carbocycles. The summed E-state index contributed by atoms with van der Waals surface area (Å²) in [6.07, 6.45) is 3.99. The van der Waals surface area contributed by atoms with Gasteiger partial charge in [-0.15, -0.1) is 0 Å². The highest BCUT2D eigenvalue weighted by Crippen LogP contribution is 2.21. The molecule has 0 aromatic heterocycles. The molecule has 1 unspecified atom stereocenters. The summed E-state index contributed by atoms with van der Waals surface area (Å²) in [6.45, 7) is 6.59. The summed E-state index contributed by atoms with van der Waals surface area (Å²) < 4.78 is 0. The maximum absolute atomic E-state index is 13.3. The second-order valence-corrected chi connectivity index (χ2v) is 9.04. The number of aliphatic carboxylic acids is 2. The Morgan fingerprint density at radius 1 is 0.889 bits per heavy atom. The molecule has 0 saturated carbocycles. The number of carboxylic acid groups (broad SMARTS) is 2. The number of piperazine rings is 1. The van der Waals surface area contributed by atoms with Gasteiger partial charge in [0.05, 0.1) is 12.5 Å². The molecule has 0 radical (unpaired) electrons. The van der Waals surface area contributed by atoms with Gasteiger partial charge in [-0.3, -0.25) is 9.59 Å². The van der Waals surface area contributed by atoms with Crippen LogP contribution in [0.5, 0.6) is 0 Å². The van der Waals surface area contributed by atoms with Gasteiger partial charge in [0, 0.05) is 45.3 Å². The average Bonchev–Trinajstić information content (AvgIpc) is 3.36. The molecule has 36 heavy (non-hydrogen) atoms. The topological polar surface area (TPSA) is 118 Å². The normalized spacial score (nSPS) is 18.2. The average molecular weight is 496 g/mol. The van der Waals surface area contributed by atoms with Crippen LogP contribution in [0.15, 0.2) is 54.6 Å². The Morgan fingerprint density at radius 2 is 1.53 bits per heavy atom. The van der Waals surface area contributed by atoms with Crippen molar-refractivity contribution < 1.29 is 29.4 Å². The Labute approximate surface area is 210 Å². The van der Waals surface area contributed by atoms with Crippen molar-refractivity contribution in [2.24, 2.45) is 0 Å². The smallest absolute Gasteiger partial charge is 0.328 e. The van der Waals surface area contributed by atoms with Crippen LogP contribution in [0.4, 0.5) is 0 Å². The van der Waals surface area contributed by atoms with E-state index < -0.39 is 11.9 Å². The number of hydrogen-bond acceptors (Lipinski definition) is 5. The molecule has 1 atom stereocenters. The number of amides is 2. The molecule has 2 aromatic rings. The first-order valence-corrected chi connectivity index (χ1v) is 12.1. The Balaban J connectivity index is 0.000000392. The minimum absolute atomic E-state index is 0.0817. The van der Waals surface area contributed by atoms with Crippen LogP contribution < -0.4 is 0 Å². The van der Waals surface area contributed by atoms with Gasteiger partial charge in [-0.2, -0.15) is 0 Å². The van der Waals surface area contributed by atoms with Crippen LogP contribution in [0.1, 0.15) is 25.3 Å². The van der Waals surface area contributed by atoms with Gasteiger partial charge >= 0.3 is 11.9 Å². The third-order valence-electron chi connectivity index (χ3n) is 6.51. The predicted molar refractivity (Wildman–Crippen MR) is 135 cm³/mol. The third kappa shape index (κ3) is 7.64. The van der Waals surface area contributed by atoms with Crippen molar-refractivity contribution in [3.8, 4) is 0 Å². The third-order valence-corrected chi connectivity index (χ3v) is 6.51. The number of carbonyl (C=O) groups is 4. The van der Waals surface area contributed by atoms with E-state index in [1.807, 2.05) is 28.0 Å². The molecule has 2 amide bonds. The lowest BCUT2D eigenvalue weighted by Crippen LogP contribution is -2.59. The van der Waals surface area contributed by atoms with Gasteiger partial charge < -0.3 is 24.9 Å². The van der Waals surface area contributed by atoms with Crippen molar-refractivity contribution in [1.29, 1.82) is 0 Å². The number of carboxylic acids is 2. The van der Waals surface area contributed by atoms with Gasteiger partial charge in [0.15, 0.2) is 0 Å². The quantitative estimate of drug-likeness (QED) is 0.590. The minimum Gasteiger partial charge on any atom is -0.478 e. The van der Waals surface area contributed by atoms with Gasteiger partial charge in [0.2, 0.25) is 11.8 Å². The SMILES string of the molecule is CC(=O)N1CCN(C(=O)Cc2cccc3ccccc23)C(CN2CCCC2)C1.O=C(O)/C=C/C(=O)O. The Bertz CT molecular complexity index is 1100. The van der Waals surface area contributed by atoms with Gasteiger partial charge in [-0.1, -0.05) is 42.5 Å². The van der Waals surface area contributed by atoms with Crippen LogP contribution in [-0.2, 0) is 25.6 Å². The van der Waals surface area contributed by atoms with Gasteiger partial charge in [-0.05, 0) is 42.3 Å². The Morgan fingerprint density at radius 3 is 2.17 bits per heavy atom. The van der Waals surface area contributed by atoms with Crippen molar-refractivity contribution in [2.45, 2.75) is 32.2 Å². The highest BCUT2D eigenvalue weighted by Gasteiger charge is 2.33. The summed E-state index contributed by atoms with van der Waals surface area (Å²) in [5.74, 6) is -2.24. The van der Waals surface area contributed by atoms with Crippen LogP contribution >= 0.6 is 0 Å². The van der Waals surface area contributed by atoms with E-state index in [1.165, 1.54) is 18.2 Å². The van der Waals surface area contributed by atoms with E-state index in [0.717, 1.165) is 30.6 Å². The summed E-state index contributed by atoms with van der Waals surface area (Å²) in [5.41, 5.74) is 1.08. The number of rotatable bonds is 6. The molecule has 0 spiro atoms. The maximum Gasteiger partial charge on any atom is 0.328 e. The second-order valence-electron chi connectivity index (χ2n) is 9.04. The van der Waals surface area contributed by atoms with Crippen LogP contribution in [0.2, 0.25) is 0 Å². The molecule has 0 bridgehead atoms. The van der Waals surface area contributed by atoms with Crippen molar-refractivity contribution in [3.63, 3.8) is 0 Å². The van der Waals surface area contributed by atoms with E-state index >= 15 is 0 Å². The fraction of sp³-hybridized carbons (Fsp3) is 0.407. The number of benzene rings is 2. The fourth-order valence-corrected chi connectivity index (χ4v) is 4.74. The van der Waals surface area contributed by atoms with Gasteiger partial charge in [0.25, 0.3) is 0 Å². The summed E-state index contributed by atoms with van der Waals surface area (Å²) in [7, 11) is 0. The lowest BCUT2D eigenvalue weighted by atomic mass is 10.0. The summed E-state index contributed by atoms with van der Waals surface area (Å²) in [4.78, 5) is 50.6. The predicted octanol–water partition coefficient (Wildman–Crippen LogP) is 2.25. The number of carbonyl (C=O) groups excluding carboxylic acids is 2. The largest absolute Gasteiger partial charge is 0.478 e. The Hall–Kier alpha value is -3.72. The standard InChI is InChI=1S/C23H29N3O2.C4H4O4/c1-18(27)25-13-14-26(21(17-25)16-24-11-4-5-12-24)23(28)15-20-9-6-8-19-7-2-3-10-22(19)20;5-3(6)1-2-4(7)8/h2-3,6-10,21H,4-5,11-17H2,1H3;1-2H,(H,5,6)(H,7,8)/b;2-1+. The number of likely N-dealkylation sites (tertiary alicyclic amines) is 1. The van der Waals surface area contributed by atoms with E-state index in [4.69, 9.17) is 10.2 Å². The van der Waals surface area contributed by atoms with Crippen molar-refractivity contribution >= 4 is 34.5 Å². The number of hydrogen-bond donors (Lipinski definition) is 2. The number of nitrogens with zero attached hydrogens (tertiary/aromatic N) is 3. The molecule has 0 aliphatic carbocycles. The Kier molecular flexibility index (Phi) is 9.58. The highest BCUT2D eigenvalue weighted by molar-refractivity contribution is 5.91. The van der Waals surface area contributed by atoms with E-state index in [2.05, 4.69) is 29.2 Å². The van der Waals surface area contributed by atoms with E-state index in [9.17, 15) is 19.2 Å².